The monoisotopic (exact) mass is 362 g/mol. The summed E-state index contributed by atoms with van der Waals surface area (Å²) < 4.78 is 43.7. The van der Waals surface area contributed by atoms with Crippen LogP contribution in [-0.2, 0) is 6.18 Å². The molecule has 0 amide bonds. The molecule has 5 nitrogen and oxygen atoms in total. The van der Waals surface area contributed by atoms with Crippen LogP contribution in [0.4, 0.5) is 18.9 Å². The average molecular weight is 363 g/mol. The SMILES string of the molecule is O=[N+]([O-])c1ccc(Oc2ccccn2)c(C(F)(F)F)c1Br. The zero-order chi connectivity index (χ0) is 15.6. The third-order valence-electron chi connectivity index (χ3n) is 2.42. The van der Waals surface area contributed by atoms with E-state index in [9.17, 15) is 23.3 Å². The van der Waals surface area contributed by atoms with Gasteiger partial charge in [0.25, 0.3) is 5.69 Å². The van der Waals surface area contributed by atoms with E-state index in [1.165, 1.54) is 18.3 Å². The van der Waals surface area contributed by atoms with Gasteiger partial charge in [0.15, 0.2) is 0 Å². The first-order chi connectivity index (χ1) is 9.80. The van der Waals surface area contributed by atoms with Gasteiger partial charge >= 0.3 is 6.18 Å². The van der Waals surface area contributed by atoms with Crippen molar-refractivity contribution >= 4 is 21.6 Å². The van der Waals surface area contributed by atoms with E-state index in [0.29, 0.717) is 0 Å². The molecule has 0 fully saturated rings. The Morgan fingerprint density at radius 2 is 1.95 bits per heavy atom. The Balaban J connectivity index is 2.56. The first kappa shape index (κ1) is 15.2. The second kappa shape index (κ2) is 5.68. The predicted molar refractivity (Wildman–Crippen MR) is 70.1 cm³/mol. The third-order valence-corrected chi connectivity index (χ3v) is 3.22. The van der Waals surface area contributed by atoms with Gasteiger partial charge in [-0.25, -0.2) is 4.98 Å². The van der Waals surface area contributed by atoms with Crippen LogP contribution in [0.1, 0.15) is 5.56 Å². The second-order valence-corrected chi connectivity index (χ2v) is 4.59. The Morgan fingerprint density at radius 1 is 1.24 bits per heavy atom. The van der Waals surface area contributed by atoms with Gasteiger partial charge in [-0.15, -0.1) is 0 Å². The molecule has 0 unspecified atom stereocenters. The number of benzene rings is 1. The van der Waals surface area contributed by atoms with Crippen LogP contribution in [-0.4, -0.2) is 9.91 Å². The summed E-state index contributed by atoms with van der Waals surface area (Å²) in [5.41, 5.74) is -1.96. The van der Waals surface area contributed by atoms with Gasteiger partial charge in [0.1, 0.15) is 15.8 Å². The van der Waals surface area contributed by atoms with Gasteiger partial charge in [0.2, 0.25) is 5.88 Å². The number of pyridine rings is 1. The standard InChI is InChI=1S/C12H6BrF3N2O3/c13-11-7(18(19)20)4-5-8(10(11)12(14,15)16)21-9-3-1-2-6-17-9/h1-6H. The van der Waals surface area contributed by atoms with Crippen molar-refractivity contribution in [1.29, 1.82) is 0 Å². The summed E-state index contributed by atoms with van der Waals surface area (Å²) in [7, 11) is 0. The number of alkyl halides is 3. The lowest BCUT2D eigenvalue weighted by molar-refractivity contribution is -0.386. The van der Waals surface area contributed by atoms with E-state index in [-0.39, 0.29) is 5.88 Å². The molecule has 2 rings (SSSR count). The van der Waals surface area contributed by atoms with E-state index < -0.39 is 32.6 Å². The number of halogens is 4. The molecule has 9 heteroatoms. The summed E-state index contributed by atoms with van der Waals surface area (Å²) in [6, 6.07) is 6.30. The predicted octanol–water partition coefficient (Wildman–Crippen LogP) is 4.56. The Kier molecular flexibility index (Phi) is 4.12. The number of hydrogen-bond donors (Lipinski definition) is 0. The van der Waals surface area contributed by atoms with E-state index >= 15 is 0 Å². The minimum atomic E-state index is -4.82. The van der Waals surface area contributed by atoms with Gasteiger partial charge in [-0.3, -0.25) is 10.1 Å². The molecule has 0 aliphatic carbocycles. The molecule has 1 heterocycles. The first-order valence-corrected chi connectivity index (χ1v) is 6.23. The largest absolute Gasteiger partial charge is 0.438 e. The van der Waals surface area contributed by atoms with Crippen molar-refractivity contribution in [2.75, 3.05) is 0 Å². The fourth-order valence-corrected chi connectivity index (χ4v) is 2.25. The van der Waals surface area contributed by atoms with E-state index in [1.807, 2.05) is 0 Å². The molecule has 110 valence electrons. The molecule has 0 bridgehead atoms. The van der Waals surface area contributed by atoms with Crippen LogP contribution >= 0.6 is 15.9 Å². The lowest BCUT2D eigenvalue weighted by Crippen LogP contribution is -2.10. The highest BCUT2D eigenvalue weighted by Gasteiger charge is 2.40. The zero-order valence-electron chi connectivity index (χ0n) is 10.1. The van der Waals surface area contributed by atoms with Crippen molar-refractivity contribution in [2.24, 2.45) is 0 Å². The second-order valence-electron chi connectivity index (χ2n) is 3.80. The lowest BCUT2D eigenvalue weighted by Gasteiger charge is -2.14. The van der Waals surface area contributed by atoms with Crippen LogP contribution in [0.15, 0.2) is 41.0 Å². The molecule has 0 atom stereocenters. The Morgan fingerprint density at radius 3 is 2.48 bits per heavy atom. The maximum Gasteiger partial charge on any atom is 0.421 e. The van der Waals surface area contributed by atoms with E-state index in [2.05, 4.69) is 20.9 Å². The molecular formula is C12H6BrF3N2O3. The fraction of sp³-hybridized carbons (Fsp3) is 0.0833. The summed E-state index contributed by atoms with van der Waals surface area (Å²) in [5.74, 6) is -0.623. The average Bonchev–Trinajstić information content (AvgIpc) is 2.38. The van der Waals surface area contributed by atoms with E-state index in [1.54, 1.807) is 6.07 Å². The molecule has 0 spiro atoms. The van der Waals surface area contributed by atoms with Gasteiger partial charge in [0, 0.05) is 18.3 Å². The van der Waals surface area contributed by atoms with Crippen molar-refractivity contribution in [3.8, 4) is 11.6 Å². The highest BCUT2D eigenvalue weighted by atomic mass is 79.9. The zero-order valence-corrected chi connectivity index (χ0v) is 11.7. The van der Waals surface area contributed by atoms with Gasteiger partial charge < -0.3 is 4.74 Å². The Labute approximate surface area is 124 Å². The normalized spacial score (nSPS) is 11.2. The van der Waals surface area contributed by atoms with Crippen LogP contribution < -0.4 is 4.74 Å². The molecule has 0 aliphatic rings. The summed E-state index contributed by atoms with van der Waals surface area (Å²) >= 11 is 2.62. The van der Waals surface area contributed by atoms with E-state index in [0.717, 1.165) is 12.1 Å². The number of ether oxygens (including phenoxy) is 1. The minimum absolute atomic E-state index is 0.0521. The number of nitrogens with zero attached hydrogens (tertiary/aromatic N) is 2. The summed E-state index contributed by atoms with van der Waals surface area (Å²) in [6.45, 7) is 0. The van der Waals surface area contributed by atoms with Gasteiger partial charge in [-0.05, 0) is 28.1 Å². The van der Waals surface area contributed by atoms with Gasteiger partial charge in [0.05, 0.1) is 4.92 Å². The molecule has 2 aromatic rings. The van der Waals surface area contributed by atoms with Gasteiger partial charge in [-0.1, -0.05) is 6.07 Å². The number of nitro benzene ring substituents is 1. The number of rotatable bonds is 3. The molecule has 0 radical (unpaired) electrons. The number of hydrogen-bond acceptors (Lipinski definition) is 4. The lowest BCUT2D eigenvalue weighted by atomic mass is 10.1. The topological polar surface area (TPSA) is 65.3 Å². The summed E-state index contributed by atoms with van der Waals surface area (Å²) in [5, 5.41) is 10.7. The first-order valence-electron chi connectivity index (χ1n) is 5.43. The Hall–Kier alpha value is -2.16. The highest BCUT2D eigenvalue weighted by Crippen LogP contribution is 2.45. The molecule has 0 N–H and O–H groups in total. The number of nitro groups is 1. The quantitative estimate of drug-likeness (QED) is 0.592. The molecule has 0 saturated heterocycles. The molecule has 1 aromatic heterocycles. The van der Waals surface area contributed by atoms with Crippen LogP contribution in [0.2, 0.25) is 0 Å². The number of aromatic nitrogens is 1. The van der Waals surface area contributed by atoms with E-state index in [4.69, 9.17) is 4.74 Å². The molecule has 21 heavy (non-hydrogen) atoms. The van der Waals surface area contributed by atoms with Crippen molar-refractivity contribution in [3.63, 3.8) is 0 Å². The smallest absolute Gasteiger partial charge is 0.421 e. The maximum absolute atomic E-state index is 13.1. The van der Waals surface area contributed by atoms with Crippen molar-refractivity contribution in [3.05, 3.63) is 56.7 Å². The molecule has 1 aromatic carbocycles. The van der Waals surface area contributed by atoms with Crippen LogP contribution in [0.25, 0.3) is 0 Å². The fourth-order valence-electron chi connectivity index (χ4n) is 1.56. The van der Waals surface area contributed by atoms with Crippen LogP contribution in [0.5, 0.6) is 11.6 Å². The van der Waals surface area contributed by atoms with Crippen molar-refractivity contribution < 1.29 is 22.8 Å². The van der Waals surface area contributed by atoms with Crippen LogP contribution in [0.3, 0.4) is 0 Å². The molecule has 0 saturated carbocycles. The maximum atomic E-state index is 13.1. The molecule has 0 aliphatic heterocycles. The van der Waals surface area contributed by atoms with Crippen molar-refractivity contribution in [1.82, 2.24) is 4.98 Å². The third kappa shape index (κ3) is 3.30. The summed E-state index contributed by atoms with van der Waals surface area (Å²) in [6.07, 6.45) is -3.47. The summed E-state index contributed by atoms with van der Waals surface area (Å²) in [4.78, 5) is 13.6. The molecular weight excluding hydrogens is 357 g/mol. The van der Waals surface area contributed by atoms with Crippen molar-refractivity contribution in [2.45, 2.75) is 6.18 Å². The van der Waals surface area contributed by atoms with Gasteiger partial charge in [-0.2, -0.15) is 13.2 Å². The Bertz CT molecular complexity index is 677. The highest BCUT2D eigenvalue weighted by molar-refractivity contribution is 9.10. The minimum Gasteiger partial charge on any atom is -0.438 e. The van der Waals surface area contributed by atoms with Crippen LogP contribution in [0, 0.1) is 10.1 Å².